The molecule has 0 aromatic heterocycles. The van der Waals surface area contributed by atoms with Crippen molar-refractivity contribution in [3.63, 3.8) is 0 Å². The second-order valence-corrected chi connectivity index (χ2v) is 6.23. The molecule has 0 bridgehead atoms. The first-order valence-corrected chi connectivity index (χ1v) is 7.89. The van der Waals surface area contributed by atoms with E-state index in [0.717, 1.165) is 6.54 Å². The van der Waals surface area contributed by atoms with Gasteiger partial charge >= 0.3 is 5.97 Å². The van der Waals surface area contributed by atoms with Gasteiger partial charge in [-0.2, -0.15) is 0 Å². The zero-order valence-electron chi connectivity index (χ0n) is 13.9. The number of hydrogen-bond donors (Lipinski definition) is 2. The third-order valence-corrected chi connectivity index (χ3v) is 4.07. The van der Waals surface area contributed by atoms with Crippen molar-refractivity contribution >= 4 is 17.8 Å². The number of likely N-dealkylation sites (tertiary alicyclic amines) is 1. The molecule has 0 aliphatic carbocycles. The summed E-state index contributed by atoms with van der Waals surface area (Å²) in [5.74, 6) is -2.09. The molecule has 2 amide bonds. The lowest BCUT2D eigenvalue weighted by Crippen LogP contribution is -2.39. The van der Waals surface area contributed by atoms with E-state index in [9.17, 15) is 19.5 Å². The number of benzene rings is 1. The van der Waals surface area contributed by atoms with Crippen LogP contribution in [-0.4, -0.2) is 66.4 Å². The fraction of sp³-hybridized carbons (Fsp3) is 0.471. The van der Waals surface area contributed by atoms with E-state index in [1.807, 2.05) is 19.0 Å². The van der Waals surface area contributed by atoms with Crippen molar-refractivity contribution in [1.29, 1.82) is 0 Å². The molecule has 0 unspecified atom stereocenters. The van der Waals surface area contributed by atoms with Gasteiger partial charge in [-0.3, -0.25) is 9.59 Å². The van der Waals surface area contributed by atoms with Crippen molar-refractivity contribution in [2.24, 2.45) is 5.92 Å². The molecule has 0 saturated carbocycles. The number of amides is 2. The summed E-state index contributed by atoms with van der Waals surface area (Å²) in [6, 6.07) is 7.43. The molecule has 1 aromatic rings. The van der Waals surface area contributed by atoms with Crippen molar-refractivity contribution in [3.05, 3.63) is 35.9 Å². The zero-order valence-corrected chi connectivity index (χ0v) is 13.9. The lowest BCUT2D eigenvalue weighted by atomic mass is 10.0. The average molecular weight is 333 g/mol. The summed E-state index contributed by atoms with van der Waals surface area (Å²) in [5, 5.41) is 11.9. The van der Waals surface area contributed by atoms with Crippen LogP contribution in [0.2, 0.25) is 0 Å². The summed E-state index contributed by atoms with van der Waals surface area (Å²) in [4.78, 5) is 39.5. The summed E-state index contributed by atoms with van der Waals surface area (Å²) < 4.78 is 0. The summed E-state index contributed by atoms with van der Waals surface area (Å²) in [6.45, 7) is 1.62. The summed E-state index contributed by atoms with van der Waals surface area (Å²) >= 11 is 0. The highest BCUT2D eigenvalue weighted by molar-refractivity contribution is 5.91. The van der Waals surface area contributed by atoms with Crippen LogP contribution < -0.4 is 5.32 Å². The van der Waals surface area contributed by atoms with E-state index in [1.54, 1.807) is 35.2 Å². The van der Waals surface area contributed by atoms with Gasteiger partial charge in [-0.15, -0.1) is 0 Å². The van der Waals surface area contributed by atoms with Gasteiger partial charge in [0.25, 0.3) is 0 Å². The molecule has 2 rings (SSSR count). The van der Waals surface area contributed by atoms with Crippen molar-refractivity contribution in [1.82, 2.24) is 15.1 Å². The van der Waals surface area contributed by atoms with Crippen LogP contribution in [0.5, 0.6) is 0 Å². The molecular formula is C17H23N3O4. The van der Waals surface area contributed by atoms with Gasteiger partial charge in [0, 0.05) is 26.1 Å². The van der Waals surface area contributed by atoms with Gasteiger partial charge in [0.15, 0.2) is 6.04 Å². The third kappa shape index (κ3) is 4.55. The highest BCUT2D eigenvalue weighted by Gasteiger charge is 2.35. The molecule has 0 spiro atoms. The Labute approximate surface area is 141 Å². The number of likely N-dealkylation sites (N-methyl/N-ethyl adjacent to an activating group) is 1. The number of carbonyl (C=O) groups excluding carboxylic acids is 2. The van der Waals surface area contributed by atoms with Gasteiger partial charge in [-0.1, -0.05) is 30.3 Å². The molecule has 7 heteroatoms. The maximum absolute atomic E-state index is 12.4. The highest BCUT2D eigenvalue weighted by Crippen LogP contribution is 2.20. The quantitative estimate of drug-likeness (QED) is 0.751. The lowest BCUT2D eigenvalue weighted by Gasteiger charge is -2.20. The molecule has 1 aliphatic rings. The summed E-state index contributed by atoms with van der Waals surface area (Å²) in [5.41, 5.74) is 0.507. The first-order chi connectivity index (χ1) is 11.4. The predicted molar refractivity (Wildman–Crippen MR) is 88.2 cm³/mol. The van der Waals surface area contributed by atoms with Gasteiger partial charge in [-0.25, -0.2) is 4.79 Å². The summed E-state index contributed by atoms with van der Waals surface area (Å²) in [7, 11) is 3.84. The highest BCUT2D eigenvalue weighted by atomic mass is 16.4. The van der Waals surface area contributed by atoms with E-state index in [0.29, 0.717) is 18.7 Å². The van der Waals surface area contributed by atoms with Gasteiger partial charge < -0.3 is 20.2 Å². The Morgan fingerprint density at radius 1 is 1.33 bits per heavy atom. The van der Waals surface area contributed by atoms with Crippen LogP contribution in [0.1, 0.15) is 18.0 Å². The number of nitrogens with zero attached hydrogens (tertiary/aromatic N) is 2. The molecule has 1 aromatic carbocycles. The van der Waals surface area contributed by atoms with Crippen LogP contribution in [0.25, 0.3) is 0 Å². The molecule has 1 heterocycles. The lowest BCUT2D eigenvalue weighted by molar-refractivity contribution is -0.142. The monoisotopic (exact) mass is 333 g/mol. The van der Waals surface area contributed by atoms with Crippen LogP contribution in [0, 0.1) is 5.92 Å². The first kappa shape index (κ1) is 17.9. The Hall–Kier alpha value is -2.41. The first-order valence-electron chi connectivity index (χ1n) is 7.89. The van der Waals surface area contributed by atoms with Crippen LogP contribution in [-0.2, 0) is 14.4 Å². The van der Waals surface area contributed by atoms with Crippen LogP contribution in [0.4, 0.5) is 0 Å². The second-order valence-electron chi connectivity index (χ2n) is 6.23. The van der Waals surface area contributed by atoms with Gasteiger partial charge in [0.2, 0.25) is 11.8 Å². The van der Waals surface area contributed by atoms with Crippen molar-refractivity contribution in [2.75, 3.05) is 33.7 Å². The molecule has 2 N–H and O–H groups in total. The topological polar surface area (TPSA) is 89.9 Å². The van der Waals surface area contributed by atoms with Crippen molar-refractivity contribution in [2.45, 2.75) is 12.5 Å². The van der Waals surface area contributed by atoms with Crippen LogP contribution in [0.3, 0.4) is 0 Å². The molecule has 1 fully saturated rings. The fourth-order valence-electron chi connectivity index (χ4n) is 2.68. The van der Waals surface area contributed by atoms with Gasteiger partial charge in [-0.05, 0) is 19.7 Å². The largest absolute Gasteiger partial charge is 0.479 e. The maximum Gasteiger partial charge on any atom is 0.330 e. The number of aliphatic carboxylic acids is 1. The Balaban J connectivity index is 1.98. The van der Waals surface area contributed by atoms with Crippen LogP contribution in [0.15, 0.2) is 30.3 Å². The molecule has 130 valence electrons. The van der Waals surface area contributed by atoms with E-state index in [4.69, 9.17) is 0 Å². The number of carboxylic acid groups (broad SMARTS) is 1. The maximum atomic E-state index is 12.4. The molecule has 24 heavy (non-hydrogen) atoms. The molecule has 1 aliphatic heterocycles. The fourth-order valence-corrected chi connectivity index (χ4v) is 2.68. The number of carboxylic acids is 1. The standard InChI is InChI=1S/C17H23N3O4/c1-19(2)8-9-20-11-13(10-14(20)21)16(22)18-15(17(23)24)12-6-4-3-5-7-12/h3-7,13,15H,8-11H2,1-2H3,(H,18,22)(H,23,24)/t13-,15-/m0/s1. The van der Waals surface area contributed by atoms with E-state index >= 15 is 0 Å². The SMILES string of the molecule is CN(C)CCN1C[C@@H](C(=O)N[C@H](C(=O)O)c2ccccc2)CC1=O. The normalized spacial score (nSPS) is 18.7. The smallest absolute Gasteiger partial charge is 0.330 e. The number of hydrogen-bond acceptors (Lipinski definition) is 4. The summed E-state index contributed by atoms with van der Waals surface area (Å²) in [6.07, 6.45) is 0.125. The number of carbonyl (C=O) groups is 3. The Morgan fingerprint density at radius 3 is 2.58 bits per heavy atom. The number of rotatable bonds is 7. The van der Waals surface area contributed by atoms with Gasteiger partial charge in [0.1, 0.15) is 0 Å². The minimum absolute atomic E-state index is 0.0661. The van der Waals surface area contributed by atoms with E-state index in [2.05, 4.69) is 5.32 Å². The van der Waals surface area contributed by atoms with E-state index in [-0.39, 0.29) is 12.3 Å². The van der Waals surface area contributed by atoms with Crippen molar-refractivity contribution < 1.29 is 19.5 Å². The Bertz CT molecular complexity index is 603. The predicted octanol–water partition coefficient (Wildman–Crippen LogP) is 0.339. The molecule has 7 nitrogen and oxygen atoms in total. The Morgan fingerprint density at radius 2 is 2.00 bits per heavy atom. The van der Waals surface area contributed by atoms with Gasteiger partial charge in [0.05, 0.1) is 5.92 Å². The number of nitrogens with one attached hydrogen (secondary N) is 1. The third-order valence-electron chi connectivity index (χ3n) is 4.07. The second kappa shape index (κ2) is 7.92. The minimum atomic E-state index is -1.12. The Kier molecular flexibility index (Phi) is 5.92. The molecule has 2 atom stereocenters. The average Bonchev–Trinajstić information content (AvgIpc) is 2.92. The zero-order chi connectivity index (χ0) is 17.7. The van der Waals surface area contributed by atoms with Crippen molar-refractivity contribution in [3.8, 4) is 0 Å². The molecule has 1 saturated heterocycles. The van der Waals surface area contributed by atoms with E-state index in [1.165, 1.54) is 0 Å². The minimum Gasteiger partial charge on any atom is -0.479 e. The van der Waals surface area contributed by atoms with E-state index < -0.39 is 23.8 Å². The molecular weight excluding hydrogens is 310 g/mol. The van der Waals surface area contributed by atoms with Crippen LogP contribution >= 0.6 is 0 Å². The molecule has 0 radical (unpaired) electrons.